The summed E-state index contributed by atoms with van der Waals surface area (Å²) < 4.78 is 18.7. The summed E-state index contributed by atoms with van der Waals surface area (Å²) in [5, 5.41) is 8.71. The Kier molecular flexibility index (Phi) is 3.87. The molecular weight excluding hydrogens is 296 g/mol. The number of hydrogen-bond acceptors (Lipinski definition) is 3. The summed E-state index contributed by atoms with van der Waals surface area (Å²) >= 11 is 11.3. The lowest BCUT2D eigenvalue weighted by atomic mass is 10.3. The van der Waals surface area contributed by atoms with Crippen LogP contribution in [0.5, 0.6) is 11.6 Å². The van der Waals surface area contributed by atoms with E-state index in [9.17, 15) is 9.18 Å². The molecular formula is C12H6Cl2FNO3. The number of pyridine rings is 1. The topological polar surface area (TPSA) is 59.4 Å². The molecule has 0 saturated carbocycles. The van der Waals surface area contributed by atoms with E-state index >= 15 is 0 Å². The molecule has 0 unspecified atom stereocenters. The zero-order valence-corrected chi connectivity index (χ0v) is 10.7. The minimum atomic E-state index is -1.30. The van der Waals surface area contributed by atoms with E-state index in [2.05, 4.69) is 4.98 Å². The van der Waals surface area contributed by atoms with Crippen LogP contribution in [0.15, 0.2) is 30.3 Å². The van der Waals surface area contributed by atoms with Crippen LogP contribution in [-0.4, -0.2) is 16.1 Å². The van der Waals surface area contributed by atoms with Gasteiger partial charge in [-0.2, -0.15) is 0 Å². The third kappa shape index (κ3) is 2.94. The number of benzene rings is 1. The third-order valence-electron chi connectivity index (χ3n) is 2.15. The second-order valence-corrected chi connectivity index (χ2v) is 4.25. The normalized spacial score (nSPS) is 10.3. The molecule has 1 aromatic carbocycles. The minimum absolute atomic E-state index is 0.0357. The zero-order valence-electron chi connectivity index (χ0n) is 9.23. The van der Waals surface area contributed by atoms with Crippen LogP contribution in [-0.2, 0) is 0 Å². The lowest BCUT2D eigenvalue weighted by Gasteiger charge is -2.07. The van der Waals surface area contributed by atoms with Crippen molar-refractivity contribution in [3.05, 3.63) is 51.9 Å². The van der Waals surface area contributed by atoms with Crippen LogP contribution < -0.4 is 4.74 Å². The molecule has 0 fully saturated rings. The number of carboxylic acid groups (broad SMARTS) is 1. The average Bonchev–Trinajstić information content (AvgIpc) is 2.37. The second-order valence-electron chi connectivity index (χ2n) is 3.44. The zero-order chi connectivity index (χ0) is 14.0. The highest BCUT2D eigenvalue weighted by atomic mass is 35.5. The molecule has 0 aliphatic rings. The SMILES string of the molecule is O=C(O)c1nc(Oc2cccc(Cl)c2F)ccc1Cl. The Morgan fingerprint density at radius 3 is 2.63 bits per heavy atom. The number of hydrogen-bond donors (Lipinski definition) is 1. The number of ether oxygens (including phenoxy) is 1. The Morgan fingerprint density at radius 1 is 1.21 bits per heavy atom. The first-order chi connectivity index (χ1) is 8.99. The second kappa shape index (κ2) is 5.42. The van der Waals surface area contributed by atoms with Crippen molar-refractivity contribution in [3.63, 3.8) is 0 Å². The highest BCUT2D eigenvalue weighted by Gasteiger charge is 2.14. The van der Waals surface area contributed by atoms with Crippen LogP contribution in [0.1, 0.15) is 10.5 Å². The van der Waals surface area contributed by atoms with Crippen LogP contribution >= 0.6 is 23.2 Å². The number of carbonyl (C=O) groups is 1. The summed E-state index contributed by atoms with van der Waals surface area (Å²) in [5.74, 6) is -2.30. The van der Waals surface area contributed by atoms with Gasteiger partial charge in [0.25, 0.3) is 0 Å². The van der Waals surface area contributed by atoms with Crippen molar-refractivity contribution in [1.29, 1.82) is 0 Å². The van der Waals surface area contributed by atoms with Gasteiger partial charge in [-0.25, -0.2) is 14.2 Å². The highest BCUT2D eigenvalue weighted by Crippen LogP contribution is 2.28. The van der Waals surface area contributed by atoms with E-state index in [1.165, 1.54) is 30.3 Å². The molecule has 0 radical (unpaired) electrons. The number of aromatic nitrogens is 1. The maximum atomic E-state index is 13.6. The molecule has 2 aromatic rings. The number of halogens is 3. The van der Waals surface area contributed by atoms with Crippen LogP contribution in [0.4, 0.5) is 4.39 Å². The first-order valence-corrected chi connectivity index (χ1v) is 5.76. The number of aromatic carboxylic acids is 1. The van der Waals surface area contributed by atoms with E-state index in [1.807, 2.05) is 0 Å². The molecule has 1 N–H and O–H groups in total. The summed E-state index contributed by atoms with van der Waals surface area (Å²) in [6, 6.07) is 6.83. The number of rotatable bonds is 3. The number of carboxylic acids is 1. The first-order valence-electron chi connectivity index (χ1n) is 5.00. The van der Waals surface area contributed by atoms with Crippen molar-refractivity contribution in [3.8, 4) is 11.6 Å². The Hall–Kier alpha value is -1.85. The Morgan fingerprint density at radius 2 is 1.95 bits per heavy atom. The molecule has 2 rings (SSSR count). The fourth-order valence-electron chi connectivity index (χ4n) is 1.31. The van der Waals surface area contributed by atoms with E-state index in [0.717, 1.165) is 0 Å². The molecule has 7 heteroatoms. The summed E-state index contributed by atoms with van der Waals surface area (Å²) in [5.41, 5.74) is -0.374. The molecule has 98 valence electrons. The molecule has 0 aliphatic carbocycles. The van der Waals surface area contributed by atoms with E-state index in [4.69, 9.17) is 33.0 Å². The van der Waals surface area contributed by atoms with Crippen LogP contribution in [0.2, 0.25) is 10.0 Å². The molecule has 0 aliphatic heterocycles. The van der Waals surface area contributed by atoms with Crippen molar-refractivity contribution < 1.29 is 19.0 Å². The van der Waals surface area contributed by atoms with Gasteiger partial charge < -0.3 is 9.84 Å². The molecule has 0 atom stereocenters. The molecule has 0 bridgehead atoms. The molecule has 19 heavy (non-hydrogen) atoms. The lowest BCUT2D eigenvalue weighted by Crippen LogP contribution is -2.02. The first kappa shape index (κ1) is 13.6. The standard InChI is InChI=1S/C12H6Cl2FNO3/c13-6-2-1-3-8(10(6)15)19-9-5-4-7(14)11(16-9)12(17)18/h1-5H,(H,17,18). The third-order valence-corrected chi connectivity index (χ3v) is 2.75. The molecule has 1 aromatic heterocycles. The largest absolute Gasteiger partial charge is 0.476 e. The molecule has 4 nitrogen and oxygen atoms in total. The van der Waals surface area contributed by atoms with Crippen LogP contribution in [0, 0.1) is 5.82 Å². The van der Waals surface area contributed by atoms with Crippen molar-refractivity contribution in [2.45, 2.75) is 0 Å². The fourth-order valence-corrected chi connectivity index (χ4v) is 1.66. The van der Waals surface area contributed by atoms with Crippen molar-refractivity contribution in [2.75, 3.05) is 0 Å². The summed E-state index contributed by atoms with van der Waals surface area (Å²) in [4.78, 5) is 14.5. The van der Waals surface area contributed by atoms with Crippen LogP contribution in [0.3, 0.4) is 0 Å². The molecule has 0 spiro atoms. The minimum Gasteiger partial charge on any atom is -0.476 e. The maximum Gasteiger partial charge on any atom is 0.356 e. The monoisotopic (exact) mass is 301 g/mol. The quantitative estimate of drug-likeness (QED) is 0.930. The summed E-state index contributed by atoms with van der Waals surface area (Å²) in [6.45, 7) is 0. The van der Waals surface area contributed by atoms with Gasteiger partial charge in [0.05, 0.1) is 10.0 Å². The molecule has 0 saturated heterocycles. The fraction of sp³-hybridized carbons (Fsp3) is 0. The van der Waals surface area contributed by atoms with Crippen molar-refractivity contribution in [2.24, 2.45) is 0 Å². The summed E-state index contributed by atoms with van der Waals surface area (Å²) in [6.07, 6.45) is 0. The number of nitrogens with zero attached hydrogens (tertiary/aromatic N) is 1. The average molecular weight is 302 g/mol. The van der Waals surface area contributed by atoms with Crippen LogP contribution in [0.25, 0.3) is 0 Å². The Bertz CT molecular complexity index is 649. The molecule has 0 amide bonds. The van der Waals surface area contributed by atoms with Gasteiger partial charge in [0, 0.05) is 6.07 Å². The van der Waals surface area contributed by atoms with Gasteiger partial charge in [-0.1, -0.05) is 29.3 Å². The predicted molar refractivity (Wildman–Crippen MR) is 67.7 cm³/mol. The van der Waals surface area contributed by atoms with E-state index in [0.29, 0.717) is 0 Å². The van der Waals surface area contributed by atoms with Gasteiger partial charge in [0.2, 0.25) is 5.88 Å². The van der Waals surface area contributed by atoms with Gasteiger partial charge in [0.15, 0.2) is 17.3 Å². The van der Waals surface area contributed by atoms with Gasteiger partial charge >= 0.3 is 5.97 Å². The van der Waals surface area contributed by atoms with Crippen molar-refractivity contribution >= 4 is 29.2 Å². The molecule has 1 heterocycles. The van der Waals surface area contributed by atoms with E-state index in [1.54, 1.807) is 0 Å². The predicted octanol–water partition coefficient (Wildman–Crippen LogP) is 4.02. The van der Waals surface area contributed by atoms with Gasteiger partial charge in [-0.15, -0.1) is 0 Å². The highest BCUT2D eigenvalue weighted by molar-refractivity contribution is 6.33. The van der Waals surface area contributed by atoms with Gasteiger partial charge in [0.1, 0.15) is 0 Å². The van der Waals surface area contributed by atoms with E-state index in [-0.39, 0.29) is 27.4 Å². The summed E-state index contributed by atoms with van der Waals surface area (Å²) in [7, 11) is 0. The van der Waals surface area contributed by atoms with Gasteiger partial charge in [-0.3, -0.25) is 0 Å². The Balaban J connectivity index is 2.36. The lowest BCUT2D eigenvalue weighted by molar-refractivity contribution is 0.0690. The maximum absolute atomic E-state index is 13.6. The smallest absolute Gasteiger partial charge is 0.356 e. The van der Waals surface area contributed by atoms with E-state index < -0.39 is 11.8 Å². The Labute approximate surface area is 117 Å². The van der Waals surface area contributed by atoms with Crippen molar-refractivity contribution in [1.82, 2.24) is 4.98 Å². The van der Waals surface area contributed by atoms with Gasteiger partial charge in [-0.05, 0) is 18.2 Å².